The molecule has 0 unspecified atom stereocenters. The molecular formula is C15H25F3N2O3. The van der Waals surface area contributed by atoms with Crippen LogP contribution in [0.3, 0.4) is 0 Å². The smallest absolute Gasteiger partial charge is 0.375 e. The van der Waals surface area contributed by atoms with Gasteiger partial charge in [0.25, 0.3) is 0 Å². The van der Waals surface area contributed by atoms with E-state index in [1.165, 1.54) is 7.11 Å². The van der Waals surface area contributed by atoms with Crippen LogP contribution < -0.4 is 10.6 Å². The topological polar surface area (TPSA) is 67.4 Å². The van der Waals surface area contributed by atoms with Crippen molar-refractivity contribution in [3.05, 3.63) is 0 Å². The average Bonchev–Trinajstić information content (AvgIpc) is 2.44. The molecule has 1 aliphatic carbocycles. The molecule has 0 saturated heterocycles. The van der Waals surface area contributed by atoms with Gasteiger partial charge in [-0.15, -0.1) is 0 Å². The number of rotatable bonds is 6. The molecule has 0 bridgehead atoms. The van der Waals surface area contributed by atoms with Crippen LogP contribution in [0.2, 0.25) is 0 Å². The van der Waals surface area contributed by atoms with Crippen molar-refractivity contribution >= 4 is 11.8 Å². The third-order valence-corrected chi connectivity index (χ3v) is 4.02. The lowest BCUT2D eigenvalue weighted by molar-refractivity contribution is -0.184. The van der Waals surface area contributed by atoms with E-state index in [4.69, 9.17) is 4.74 Å². The number of carbonyl (C=O) groups excluding carboxylic acids is 2. The molecule has 8 heteroatoms. The zero-order valence-corrected chi connectivity index (χ0v) is 13.7. The fraction of sp³-hybridized carbons (Fsp3) is 0.867. The molecule has 1 fully saturated rings. The van der Waals surface area contributed by atoms with Crippen LogP contribution in [0.4, 0.5) is 13.2 Å². The van der Waals surface area contributed by atoms with Crippen LogP contribution in [0.1, 0.15) is 39.5 Å². The van der Waals surface area contributed by atoms with Crippen LogP contribution in [0.5, 0.6) is 0 Å². The third-order valence-electron chi connectivity index (χ3n) is 4.02. The molecule has 0 aliphatic heterocycles. The van der Waals surface area contributed by atoms with Crippen LogP contribution in [-0.4, -0.2) is 43.8 Å². The average molecular weight is 338 g/mol. The van der Waals surface area contributed by atoms with E-state index in [-0.39, 0.29) is 25.4 Å². The maximum absolute atomic E-state index is 12.8. The predicted octanol–water partition coefficient (Wildman–Crippen LogP) is 2.01. The summed E-state index contributed by atoms with van der Waals surface area (Å²) < 4.78 is 43.1. The lowest BCUT2D eigenvalue weighted by atomic mass is 9.85. The second kappa shape index (κ2) is 8.52. The molecule has 0 aromatic rings. The largest absolute Gasteiger partial charge is 0.391 e. The van der Waals surface area contributed by atoms with E-state index in [1.807, 2.05) is 0 Å². The highest BCUT2D eigenvalue weighted by Gasteiger charge is 2.42. The first-order valence-electron chi connectivity index (χ1n) is 7.80. The first kappa shape index (κ1) is 19.7. The lowest BCUT2D eigenvalue weighted by Crippen LogP contribution is -2.53. The highest BCUT2D eigenvalue weighted by atomic mass is 19.4. The molecule has 2 amide bonds. The molecule has 0 radical (unpaired) electrons. The Balaban J connectivity index is 2.62. The van der Waals surface area contributed by atoms with Gasteiger partial charge >= 0.3 is 6.18 Å². The van der Waals surface area contributed by atoms with Crippen molar-refractivity contribution < 1.29 is 27.5 Å². The highest BCUT2D eigenvalue weighted by Crippen LogP contribution is 2.37. The summed E-state index contributed by atoms with van der Waals surface area (Å²) in [6.45, 7) is 3.35. The van der Waals surface area contributed by atoms with E-state index in [2.05, 4.69) is 10.6 Å². The molecule has 134 valence electrons. The molecule has 5 nitrogen and oxygen atoms in total. The number of ether oxygens (including phenoxy) is 1. The van der Waals surface area contributed by atoms with Crippen LogP contribution >= 0.6 is 0 Å². The van der Waals surface area contributed by atoms with Crippen molar-refractivity contribution in [2.75, 3.05) is 13.7 Å². The molecule has 23 heavy (non-hydrogen) atoms. The van der Waals surface area contributed by atoms with Crippen molar-refractivity contribution in [1.82, 2.24) is 10.6 Å². The number of carbonyl (C=O) groups is 2. The normalized spacial score (nSPS) is 23.4. The van der Waals surface area contributed by atoms with Gasteiger partial charge in [-0.25, -0.2) is 0 Å². The van der Waals surface area contributed by atoms with Crippen molar-refractivity contribution in [1.29, 1.82) is 0 Å². The van der Waals surface area contributed by atoms with E-state index < -0.39 is 36.0 Å². The standard InChI is InChI=1S/C15H25F3N2O3/c1-9(2)13(20-12(21)8-23-3)14(22)19-11-6-4-5-10(7-11)15(16,17)18/h9-11,13H,4-8H2,1-3H3,(H,19,22)(H,20,21)/t10-,11+,13+/m1/s1. The van der Waals surface area contributed by atoms with E-state index in [0.29, 0.717) is 12.8 Å². The Morgan fingerprint density at radius 3 is 2.43 bits per heavy atom. The van der Waals surface area contributed by atoms with Gasteiger partial charge in [0, 0.05) is 13.2 Å². The fourth-order valence-corrected chi connectivity index (χ4v) is 2.79. The molecule has 2 N–H and O–H groups in total. The van der Waals surface area contributed by atoms with Gasteiger partial charge < -0.3 is 15.4 Å². The quantitative estimate of drug-likeness (QED) is 0.778. The summed E-state index contributed by atoms with van der Waals surface area (Å²) in [6, 6.07) is -1.30. The van der Waals surface area contributed by atoms with Crippen molar-refractivity contribution in [3.8, 4) is 0 Å². The monoisotopic (exact) mass is 338 g/mol. The second-order valence-electron chi connectivity index (χ2n) is 6.33. The summed E-state index contributed by atoms with van der Waals surface area (Å²) in [5, 5.41) is 5.21. The van der Waals surface area contributed by atoms with E-state index in [0.717, 1.165) is 0 Å². The molecule has 0 spiro atoms. The zero-order chi connectivity index (χ0) is 17.6. The Morgan fingerprint density at radius 1 is 1.26 bits per heavy atom. The minimum absolute atomic E-state index is 0.105. The molecule has 0 aromatic heterocycles. The Bertz CT molecular complexity index is 413. The van der Waals surface area contributed by atoms with Crippen LogP contribution in [-0.2, 0) is 14.3 Å². The van der Waals surface area contributed by atoms with E-state index in [1.54, 1.807) is 13.8 Å². The minimum atomic E-state index is -4.23. The number of nitrogens with one attached hydrogen (secondary N) is 2. The predicted molar refractivity (Wildman–Crippen MR) is 78.6 cm³/mol. The molecular weight excluding hydrogens is 313 g/mol. The van der Waals surface area contributed by atoms with Gasteiger partial charge in [0.05, 0.1) is 5.92 Å². The summed E-state index contributed by atoms with van der Waals surface area (Å²) >= 11 is 0. The molecule has 1 aliphatic rings. The third kappa shape index (κ3) is 6.37. The van der Waals surface area contributed by atoms with Crippen LogP contribution in [0, 0.1) is 11.8 Å². The number of amides is 2. The van der Waals surface area contributed by atoms with Crippen LogP contribution in [0.15, 0.2) is 0 Å². The van der Waals surface area contributed by atoms with Gasteiger partial charge in [0.2, 0.25) is 11.8 Å². The molecule has 3 atom stereocenters. The van der Waals surface area contributed by atoms with Crippen molar-refractivity contribution in [2.24, 2.45) is 11.8 Å². The summed E-state index contributed by atoms with van der Waals surface area (Å²) in [6.07, 6.45) is -3.28. The van der Waals surface area contributed by atoms with Gasteiger partial charge in [0.15, 0.2) is 0 Å². The number of hydrogen-bond acceptors (Lipinski definition) is 3. The van der Waals surface area contributed by atoms with Gasteiger partial charge in [-0.3, -0.25) is 9.59 Å². The second-order valence-corrected chi connectivity index (χ2v) is 6.33. The SMILES string of the molecule is COCC(=O)N[C@H](C(=O)N[C@H]1CCC[C@@H](C(F)(F)F)C1)C(C)C. The highest BCUT2D eigenvalue weighted by molar-refractivity contribution is 5.88. The first-order chi connectivity index (χ1) is 10.6. The number of hydrogen-bond donors (Lipinski definition) is 2. The van der Waals surface area contributed by atoms with Gasteiger partial charge in [-0.2, -0.15) is 13.2 Å². The zero-order valence-electron chi connectivity index (χ0n) is 13.7. The lowest BCUT2D eigenvalue weighted by Gasteiger charge is -2.32. The van der Waals surface area contributed by atoms with Gasteiger partial charge in [-0.05, 0) is 25.2 Å². The Morgan fingerprint density at radius 2 is 1.91 bits per heavy atom. The Labute approximate surface area is 134 Å². The molecule has 1 rings (SSSR count). The minimum Gasteiger partial charge on any atom is -0.375 e. The van der Waals surface area contributed by atoms with E-state index in [9.17, 15) is 22.8 Å². The Hall–Kier alpha value is -1.31. The molecule has 0 aromatic carbocycles. The first-order valence-corrected chi connectivity index (χ1v) is 7.80. The Kier molecular flexibility index (Phi) is 7.31. The molecule has 1 saturated carbocycles. The van der Waals surface area contributed by atoms with Gasteiger partial charge in [0.1, 0.15) is 12.6 Å². The summed E-state index contributed by atoms with van der Waals surface area (Å²) in [5.74, 6) is -2.43. The number of methoxy groups -OCH3 is 1. The number of halogens is 3. The maximum Gasteiger partial charge on any atom is 0.391 e. The maximum atomic E-state index is 12.8. The molecule has 0 heterocycles. The van der Waals surface area contributed by atoms with E-state index >= 15 is 0 Å². The van der Waals surface area contributed by atoms with Crippen molar-refractivity contribution in [2.45, 2.75) is 57.8 Å². The van der Waals surface area contributed by atoms with Crippen molar-refractivity contribution in [3.63, 3.8) is 0 Å². The summed E-state index contributed by atoms with van der Waals surface area (Å²) in [4.78, 5) is 23.9. The van der Waals surface area contributed by atoms with Crippen LogP contribution in [0.25, 0.3) is 0 Å². The summed E-state index contributed by atoms with van der Waals surface area (Å²) in [5.41, 5.74) is 0. The van der Waals surface area contributed by atoms with Gasteiger partial charge in [-0.1, -0.05) is 20.3 Å². The fourth-order valence-electron chi connectivity index (χ4n) is 2.79. The summed E-state index contributed by atoms with van der Waals surface area (Å²) in [7, 11) is 1.36. The number of alkyl halides is 3.